The summed E-state index contributed by atoms with van der Waals surface area (Å²) < 4.78 is 23.9. The third kappa shape index (κ3) is 1.36. The Morgan fingerprint density at radius 3 is 1.91 bits per heavy atom. The predicted octanol–water partition coefficient (Wildman–Crippen LogP) is 1.43. The molecule has 0 radical (unpaired) electrons. The van der Waals surface area contributed by atoms with Crippen molar-refractivity contribution in [2.75, 3.05) is 0 Å². The average Bonchev–Trinajstić information content (AvgIpc) is 1.85. The molecule has 0 aliphatic rings. The highest BCUT2D eigenvalue weighted by Gasteiger charge is 2.17. The van der Waals surface area contributed by atoms with E-state index in [-0.39, 0.29) is 0 Å². The summed E-state index contributed by atoms with van der Waals surface area (Å²) in [6.07, 6.45) is -1.19. The Balaban J connectivity index is 3.21. The monoisotopic (exact) mass is 161 g/mol. The van der Waals surface area contributed by atoms with Crippen LogP contribution in [0, 0.1) is 0 Å². The number of aromatic nitrogens is 1. The second-order valence-corrected chi connectivity index (χ2v) is 1.89. The van der Waals surface area contributed by atoms with Gasteiger partial charge in [0.2, 0.25) is 0 Å². The SMILES string of the molecule is Oc1cncc(O)c1C(F)F. The smallest absolute Gasteiger partial charge is 0.271 e. The maximum atomic E-state index is 11.9. The van der Waals surface area contributed by atoms with Crippen LogP contribution in [0.1, 0.15) is 12.0 Å². The van der Waals surface area contributed by atoms with Crippen LogP contribution < -0.4 is 0 Å². The van der Waals surface area contributed by atoms with Crippen molar-refractivity contribution in [3.05, 3.63) is 18.0 Å². The molecule has 0 aromatic carbocycles. The molecule has 0 unspecified atom stereocenters. The maximum Gasteiger partial charge on any atom is 0.271 e. The molecule has 1 heterocycles. The van der Waals surface area contributed by atoms with Crippen molar-refractivity contribution in [2.45, 2.75) is 6.43 Å². The molecule has 3 nitrogen and oxygen atoms in total. The quantitative estimate of drug-likeness (QED) is 0.655. The topological polar surface area (TPSA) is 53.4 Å². The van der Waals surface area contributed by atoms with Gasteiger partial charge in [-0.2, -0.15) is 0 Å². The van der Waals surface area contributed by atoms with Crippen molar-refractivity contribution in [1.29, 1.82) is 0 Å². The van der Waals surface area contributed by atoms with E-state index in [0.717, 1.165) is 12.4 Å². The van der Waals surface area contributed by atoms with Crippen LogP contribution in [0.15, 0.2) is 12.4 Å². The summed E-state index contributed by atoms with van der Waals surface area (Å²) in [5.74, 6) is -1.39. The minimum Gasteiger partial charge on any atom is -0.506 e. The molecule has 0 saturated heterocycles. The van der Waals surface area contributed by atoms with Crippen molar-refractivity contribution in [1.82, 2.24) is 4.98 Å². The number of rotatable bonds is 1. The molecule has 1 aromatic rings. The summed E-state index contributed by atoms with van der Waals surface area (Å²) >= 11 is 0. The number of alkyl halides is 2. The second-order valence-electron chi connectivity index (χ2n) is 1.89. The van der Waals surface area contributed by atoms with E-state index < -0.39 is 23.5 Å². The fourth-order valence-corrected chi connectivity index (χ4v) is 0.672. The highest BCUT2D eigenvalue weighted by atomic mass is 19.3. The van der Waals surface area contributed by atoms with E-state index in [9.17, 15) is 8.78 Å². The molecule has 11 heavy (non-hydrogen) atoms. The van der Waals surface area contributed by atoms with Crippen molar-refractivity contribution in [3.8, 4) is 11.5 Å². The standard InChI is InChI=1S/C6H5F2NO2/c7-6(8)5-3(10)1-9-2-4(5)11/h1-2,6,10-11H. The normalized spacial score (nSPS) is 10.5. The Morgan fingerprint density at radius 1 is 1.18 bits per heavy atom. The van der Waals surface area contributed by atoms with Gasteiger partial charge in [0.15, 0.2) is 0 Å². The average molecular weight is 161 g/mol. The number of pyridine rings is 1. The lowest BCUT2D eigenvalue weighted by atomic mass is 10.2. The molecule has 0 fully saturated rings. The fraction of sp³-hybridized carbons (Fsp3) is 0.167. The van der Waals surface area contributed by atoms with Gasteiger partial charge in [0.25, 0.3) is 6.43 Å². The molecule has 0 spiro atoms. The lowest BCUT2D eigenvalue weighted by Crippen LogP contribution is -1.87. The second kappa shape index (κ2) is 2.69. The van der Waals surface area contributed by atoms with Crippen LogP contribution in [-0.2, 0) is 0 Å². The van der Waals surface area contributed by atoms with Gasteiger partial charge in [0.1, 0.15) is 17.1 Å². The number of nitrogens with zero attached hydrogens (tertiary/aromatic N) is 1. The fourth-order valence-electron chi connectivity index (χ4n) is 0.672. The zero-order valence-electron chi connectivity index (χ0n) is 5.33. The van der Waals surface area contributed by atoms with Crippen molar-refractivity contribution < 1.29 is 19.0 Å². The molecular formula is C6H5F2NO2. The minimum absolute atomic E-state index is 0.694. The van der Waals surface area contributed by atoms with Gasteiger partial charge in [-0.05, 0) is 0 Å². The van der Waals surface area contributed by atoms with Crippen LogP contribution in [-0.4, -0.2) is 15.2 Å². The van der Waals surface area contributed by atoms with Crippen LogP contribution >= 0.6 is 0 Å². The van der Waals surface area contributed by atoms with Gasteiger partial charge < -0.3 is 10.2 Å². The summed E-state index contributed by atoms with van der Waals surface area (Å²) in [5, 5.41) is 17.5. The first kappa shape index (κ1) is 7.71. The van der Waals surface area contributed by atoms with E-state index in [1.54, 1.807) is 0 Å². The van der Waals surface area contributed by atoms with Gasteiger partial charge in [0.05, 0.1) is 12.4 Å². The van der Waals surface area contributed by atoms with Crippen molar-refractivity contribution >= 4 is 0 Å². The highest BCUT2D eigenvalue weighted by molar-refractivity contribution is 5.40. The minimum atomic E-state index is -2.89. The summed E-state index contributed by atoms with van der Waals surface area (Å²) in [5.41, 5.74) is -0.778. The molecule has 0 aliphatic heterocycles. The summed E-state index contributed by atoms with van der Waals surface area (Å²) in [6, 6.07) is 0. The van der Waals surface area contributed by atoms with E-state index in [2.05, 4.69) is 4.98 Å². The molecule has 0 aliphatic carbocycles. The molecule has 60 valence electrons. The van der Waals surface area contributed by atoms with Crippen LogP contribution in [0.4, 0.5) is 8.78 Å². The first-order valence-electron chi connectivity index (χ1n) is 2.77. The number of halogens is 2. The Labute approximate surface area is 60.9 Å². The molecule has 0 atom stereocenters. The number of aromatic hydroxyl groups is 2. The van der Waals surface area contributed by atoms with E-state index in [1.807, 2.05) is 0 Å². The summed E-state index contributed by atoms with van der Waals surface area (Å²) in [6.45, 7) is 0. The largest absolute Gasteiger partial charge is 0.506 e. The number of hydrogen-bond acceptors (Lipinski definition) is 3. The molecule has 5 heteroatoms. The molecule has 2 N–H and O–H groups in total. The van der Waals surface area contributed by atoms with Crippen LogP contribution in [0.25, 0.3) is 0 Å². The predicted molar refractivity (Wildman–Crippen MR) is 32.5 cm³/mol. The Bertz CT molecular complexity index is 245. The van der Waals surface area contributed by atoms with Crippen LogP contribution in [0.2, 0.25) is 0 Å². The third-order valence-electron chi connectivity index (χ3n) is 1.16. The summed E-state index contributed by atoms with van der Waals surface area (Å²) in [7, 11) is 0. The van der Waals surface area contributed by atoms with Crippen molar-refractivity contribution in [2.24, 2.45) is 0 Å². The van der Waals surface area contributed by atoms with E-state index in [0.29, 0.717) is 0 Å². The van der Waals surface area contributed by atoms with Gasteiger partial charge in [0, 0.05) is 0 Å². The molecule has 0 bridgehead atoms. The zero-order valence-corrected chi connectivity index (χ0v) is 5.33. The zero-order chi connectivity index (χ0) is 8.43. The Kier molecular flexibility index (Phi) is 1.89. The first-order valence-corrected chi connectivity index (χ1v) is 2.77. The van der Waals surface area contributed by atoms with E-state index in [4.69, 9.17) is 10.2 Å². The number of hydrogen-bond donors (Lipinski definition) is 2. The van der Waals surface area contributed by atoms with Gasteiger partial charge in [-0.15, -0.1) is 0 Å². The first-order chi connectivity index (χ1) is 5.13. The molecule has 1 aromatic heterocycles. The molecule has 1 rings (SSSR count). The molecule has 0 amide bonds. The molecule has 0 saturated carbocycles. The van der Waals surface area contributed by atoms with Gasteiger partial charge in [-0.3, -0.25) is 4.98 Å². The summed E-state index contributed by atoms with van der Waals surface area (Å²) in [4.78, 5) is 3.29. The van der Waals surface area contributed by atoms with Gasteiger partial charge >= 0.3 is 0 Å². The third-order valence-corrected chi connectivity index (χ3v) is 1.16. The van der Waals surface area contributed by atoms with E-state index >= 15 is 0 Å². The Hall–Kier alpha value is -1.39. The molecular weight excluding hydrogens is 156 g/mol. The van der Waals surface area contributed by atoms with Gasteiger partial charge in [-0.1, -0.05) is 0 Å². The van der Waals surface area contributed by atoms with Crippen molar-refractivity contribution in [3.63, 3.8) is 0 Å². The van der Waals surface area contributed by atoms with Gasteiger partial charge in [-0.25, -0.2) is 8.78 Å². The van der Waals surface area contributed by atoms with E-state index in [1.165, 1.54) is 0 Å². The highest BCUT2D eigenvalue weighted by Crippen LogP contribution is 2.33. The lowest BCUT2D eigenvalue weighted by Gasteiger charge is -2.03. The maximum absolute atomic E-state index is 11.9. The van der Waals surface area contributed by atoms with Crippen LogP contribution in [0.5, 0.6) is 11.5 Å². The van der Waals surface area contributed by atoms with Crippen LogP contribution in [0.3, 0.4) is 0 Å². The Morgan fingerprint density at radius 2 is 1.64 bits per heavy atom. The lowest BCUT2D eigenvalue weighted by molar-refractivity contribution is 0.143.